The van der Waals surface area contributed by atoms with Crippen molar-refractivity contribution in [3.05, 3.63) is 30.6 Å². The molecule has 0 fully saturated rings. The molecule has 10 nitrogen and oxygen atoms in total. The first-order valence-corrected chi connectivity index (χ1v) is 1.10. The van der Waals surface area contributed by atoms with Crippen LogP contribution in [0.4, 0.5) is 0 Å². The van der Waals surface area contributed by atoms with Crippen molar-refractivity contribution in [2.24, 2.45) is 0 Å². The minimum absolute atomic E-state index is 0. The summed E-state index contributed by atoms with van der Waals surface area (Å²) in [6.07, 6.45) is 0. The van der Waals surface area contributed by atoms with E-state index in [0.717, 1.165) is 0 Å². The van der Waals surface area contributed by atoms with Crippen LogP contribution in [0.25, 0.3) is 0 Å². The van der Waals surface area contributed by atoms with E-state index in [-0.39, 0.29) is 109 Å². The van der Waals surface area contributed by atoms with Gasteiger partial charge in [0.2, 0.25) is 0 Å². The maximum atomic E-state index is 8.25. The van der Waals surface area contributed by atoms with Gasteiger partial charge in [-0.15, -0.1) is 0 Å². The van der Waals surface area contributed by atoms with Crippen LogP contribution in [0.15, 0.2) is 0 Å². The first-order chi connectivity index (χ1) is 3.46. The van der Waals surface area contributed by atoms with E-state index in [1.165, 1.54) is 0 Å². The minimum atomic E-state index is -1.75. The second-order valence-electron chi connectivity index (χ2n) is 0.447. The fourth-order valence-corrected chi connectivity index (χ4v) is 0. The molecule has 0 radical (unpaired) electrons. The summed E-state index contributed by atoms with van der Waals surface area (Å²) in [4.78, 5) is 16.5. The molecule has 0 saturated carbocycles. The summed E-state index contributed by atoms with van der Waals surface area (Å²) >= 11 is 0. The predicted molar refractivity (Wildman–Crippen MR) is 36.1 cm³/mol. The average molecular weight is 433 g/mol. The second kappa shape index (κ2) is 29.4. The van der Waals surface area contributed by atoms with Gasteiger partial charge in [0.1, 0.15) is 0 Å². The zero-order valence-corrected chi connectivity index (χ0v) is 14.5. The summed E-state index contributed by atoms with van der Waals surface area (Å²) < 4.78 is 0. The van der Waals surface area contributed by atoms with Crippen molar-refractivity contribution in [3.63, 3.8) is 0 Å². The van der Waals surface area contributed by atoms with Crippen molar-refractivity contribution in [2.75, 3.05) is 0 Å². The molecule has 0 saturated heterocycles. The van der Waals surface area contributed by atoms with E-state index in [4.69, 9.17) is 30.6 Å². The summed E-state index contributed by atoms with van der Waals surface area (Å²) in [7, 11) is 0. The van der Waals surface area contributed by atoms with Gasteiger partial charge in [0.25, 0.3) is 0 Å². The monoisotopic (exact) mass is 434 g/mol. The third-order valence-corrected chi connectivity index (χ3v) is 0. The standard InChI is InChI=1S/2Ba.2NO3.2H2O/c;;2*2-1(3)4;;/h;;;;2*1H2/q2*+2;2*-1;;/p-2. The van der Waals surface area contributed by atoms with E-state index in [1.54, 1.807) is 0 Å². The Hall–Kier alpha value is 1.46. The van der Waals surface area contributed by atoms with Crippen molar-refractivity contribution in [1.82, 2.24) is 0 Å². The Morgan fingerprint density at radius 3 is 0.667 bits per heavy atom. The van der Waals surface area contributed by atoms with E-state index < -0.39 is 10.2 Å². The first-order valence-electron chi connectivity index (χ1n) is 1.10. The number of rotatable bonds is 0. The molecule has 0 heterocycles. The molecule has 0 rings (SSSR count). The van der Waals surface area contributed by atoms with Crippen molar-refractivity contribution in [3.8, 4) is 0 Å². The Labute approximate surface area is 146 Å². The first kappa shape index (κ1) is 37.5. The number of hydrogen-bond donors (Lipinski definition) is 0. The summed E-state index contributed by atoms with van der Waals surface area (Å²) in [5.74, 6) is 0. The quantitative estimate of drug-likeness (QED) is 0.248. The summed E-state index contributed by atoms with van der Waals surface area (Å²) in [6.45, 7) is 0. The second-order valence-corrected chi connectivity index (χ2v) is 0.447. The van der Waals surface area contributed by atoms with Crippen LogP contribution in [0, 0.1) is 30.6 Å². The Balaban J connectivity index is -0.0000000112. The van der Waals surface area contributed by atoms with E-state index in [9.17, 15) is 0 Å². The minimum Gasteiger partial charge on any atom is -0.870 e. The zero-order valence-electron chi connectivity index (χ0n) is 5.65. The number of nitrogens with zero attached hydrogens (tertiary/aromatic N) is 2. The third-order valence-electron chi connectivity index (χ3n) is 0. The van der Waals surface area contributed by atoms with Gasteiger partial charge in [-0.1, -0.05) is 0 Å². The van der Waals surface area contributed by atoms with E-state index in [0.29, 0.717) is 0 Å². The fourth-order valence-electron chi connectivity index (χ4n) is 0. The molecule has 0 amide bonds. The van der Waals surface area contributed by atoms with Gasteiger partial charge in [0.05, 0.1) is 10.2 Å². The third kappa shape index (κ3) is 586. The van der Waals surface area contributed by atoms with Crippen LogP contribution in [0.1, 0.15) is 0 Å². The van der Waals surface area contributed by atoms with Gasteiger partial charge in [0.15, 0.2) is 0 Å². The van der Waals surface area contributed by atoms with Crippen molar-refractivity contribution >= 4 is 97.8 Å². The van der Waals surface area contributed by atoms with E-state index in [2.05, 4.69) is 0 Å². The van der Waals surface area contributed by atoms with Crippen LogP contribution >= 0.6 is 0 Å². The van der Waals surface area contributed by atoms with Crippen LogP contribution in [-0.2, 0) is 0 Å². The van der Waals surface area contributed by atoms with Crippen molar-refractivity contribution in [2.45, 2.75) is 0 Å². The number of hydrogen-bond acceptors (Lipinski definition) is 8. The normalized spacial score (nSPS) is 4.00. The smallest absolute Gasteiger partial charge is 0.870 e. The molecule has 0 aliphatic heterocycles. The Morgan fingerprint density at radius 2 is 0.667 bits per heavy atom. The fraction of sp³-hybridized carbons (Fsp3) is 0. The Bertz CT molecular complexity index is 73.1. The molecule has 64 valence electrons. The molecule has 0 aliphatic carbocycles. The van der Waals surface area contributed by atoms with Gasteiger partial charge in [-0.2, -0.15) is 0 Å². The molecule has 0 atom stereocenters. The van der Waals surface area contributed by atoms with Crippen LogP contribution in [-0.4, -0.2) is 119 Å². The summed E-state index contributed by atoms with van der Waals surface area (Å²) in [6, 6.07) is 0. The molecule has 12 heavy (non-hydrogen) atoms. The molecule has 0 bridgehead atoms. The van der Waals surface area contributed by atoms with E-state index >= 15 is 0 Å². The predicted octanol–water partition coefficient (Wildman–Crippen LogP) is -1.59. The molecule has 0 aromatic carbocycles. The molecular weight excluding hydrogens is 431 g/mol. The van der Waals surface area contributed by atoms with Crippen LogP contribution < -0.4 is 0 Å². The Kier molecular flexibility index (Phi) is 92.0. The van der Waals surface area contributed by atoms with Gasteiger partial charge in [-0.25, -0.2) is 0 Å². The maximum absolute atomic E-state index is 8.25. The van der Waals surface area contributed by atoms with E-state index in [1.807, 2.05) is 0 Å². The van der Waals surface area contributed by atoms with Gasteiger partial charge in [0, 0.05) is 0 Å². The van der Waals surface area contributed by atoms with Gasteiger partial charge in [-0.3, -0.25) is 0 Å². The molecule has 0 aliphatic rings. The molecule has 2 N–H and O–H groups in total. The summed E-state index contributed by atoms with van der Waals surface area (Å²) in [5, 5.41) is 29.5. The molecule has 0 aromatic rings. The van der Waals surface area contributed by atoms with Crippen LogP contribution in [0.3, 0.4) is 0 Å². The molecule has 12 heteroatoms. The topological polar surface area (TPSA) is 192 Å². The van der Waals surface area contributed by atoms with Gasteiger partial charge in [-0.05, 0) is 0 Å². The van der Waals surface area contributed by atoms with Crippen molar-refractivity contribution < 1.29 is 21.1 Å². The van der Waals surface area contributed by atoms with Crippen LogP contribution in [0.5, 0.6) is 0 Å². The largest absolute Gasteiger partial charge is 2.00 e. The van der Waals surface area contributed by atoms with Crippen LogP contribution in [0.2, 0.25) is 0 Å². The maximum Gasteiger partial charge on any atom is 2.00 e. The van der Waals surface area contributed by atoms with Gasteiger partial charge < -0.3 is 41.6 Å². The molecule has 0 spiro atoms. The molecular formula is H2Ba2N2O8. The molecule has 0 unspecified atom stereocenters. The average Bonchev–Trinajstić information content (AvgIpc) is 1.25. The van der Waals surface area contributed by atoms with Crippen molar-refractivity contribution in [1.29, 1.82) is 0 Å². The SMILES string of the molecule is O=[N+]([O-])[O-].O=[N+]([O-])[O-].[Ba+2].[Ba+2].[OH-].[OH-]. The Morgan fingerprint density at radius 1 is 0.667 bits per heavy atom. The summed E-state index contributed by atoms with van der Waals surface area (Å²) in [5.41, 5.74) is 0. The van der Waals surface area contributed by atoms with Gasteiger partial charge >= 0.3 is 97.8 Å². The zero-order chi connectivity index (χ0) is 7.15. The molecule has 0 aromatic heterocycles.